The molecule has 0 saturated carbocycles. The molecule has 7 heteroatoms. The van der Waals surface area contributed by atoms with Gasteiger partial charge in [-0.05, 0) is 79.6 Å². The van der Waals surface area contributed by atoms with Crippen LogP contribution in [0.3, 0.4) is 0 Å². The van der Waals surface area contributed by atoms with Crippen LogP contribution in [0.15, 0.2) is 77.9 Å². The summed E-state index contributed by atoms with van der Waals surface area (Å²) in [6.07, 6.45) is 0.751. The molecule has 0 fully saturated rings. The largest absolute Gasteiger partial charge is 0.481 e. The van der Waals surface area contributed by atoms with Crippen molar-refractivity contribution in [3.8, 4) is 11.5 Å². The lowest BCUT2D eigenvalue weighted by Crippen LogP contribution is -2.33. The van der Waals surface area contributed by atoms with E-state index in [4.69, 9.17) is 21.1 Å². The van der Waals surface area contributed by atoms with Crippen molar-refractivity contribution in [3.63, 3.8) is 0 Å². The number of carbonyl (C=O) groups excluding carboxylic acids is 2. The highest BCUT2D eigenvalue weighted by molar-refractivity contribution is 6.30. The molecule has 0 unspecified atom stereocenters. The number of esters is 1. The number of aryl methyl sites for hydroxylation is 1. The van der Waals surface area contributed by atoms with Crippen LogP contribution in [0.1, 0.15) is 28.4 Å². The van der Waals surface area contributed by atoms with E-state index in [0.29, 0.717) is 22.1 Å². The number of ether oxygens (including phenoxy) is 2. The smallest absolute Gasteiger partial charge is 0.343 e. The SMILES string of the molecule is Cc1ccccc1C(=O)Oc1ccc(/C=N\NC(=O)[C@H](C)Oc2ccc(Cl)cc2)cc1. The van der Waals surface area contributed by atoms with Crippen molar-refractivity contribution in [1.82, 2.24) is 5.43 Å². The van der Waals surface area contributed by atoms with Gasteiger partial charge in [0, 0.05) is 5.02 Å². The Morgan fingerprint density at radius 1 is 0.968 bits per heavy atom. The molecule has 0 bridgehead atoms. The third-order valence-electron chi connectivity index (χ3n) is 4.34. The molecule has 3 rings (SSSR count). The Hall–Kier alpha value is -3.64. The number of hydrogen-bond acceptors (Lipinski definition) is 5. The van der Waals surface area contributed by atoms with Gasteiger partial charge in [0.1, 0.15) is 11.5 Å². The zero-order valence-electron chi connectivity index (χ0n) is 17.0. The van der Waals surface area contributed by atoms with E-state index < -0.39 is 18.0 Å². The first kappa shape index (κ1) is 22.1. The summed E-state index contributed by atoms with van der Waals surface area (Å²) >= 11 is 5.83. The van der Waals surface area contributed by atoms with Crippen LogP contribution in [-0.2, 0) is 4.79 Å². The molecule has 0 spiro atoms. The minimum absolute atomic E-state index is 0.394. The number of hydrazone groups is 1. The van der Waals surface area contributed by atoms with Gasteiger partial charge in [0.05, 0.1) is 11.8 Å². The molecule has 0 saturated heterocycles. The van der Waals surface area contributed by atoms with Crippen LogP contribution in [0, 0.1) is 6.92 Å². The highest BCUT2D eigenvalue weighted by Crippen LogP contribution is 2.17. The number of carbonyl (C=O) groups is 2. The van der Waals surface area contributed by atoms with Gasteiger partial charge in [-0.25, -0.2) is 10.2 Å². The molecule has 6 nitrogen and oxygen atoms in total. The summed E-state index contributed by atoms with van der Waals surface area (Å²) in [4.78, 5) is 24.4. The van der Waals surface area contributed by atoms with Crippen molar-refractivity contribution >= 4 is 29.7 Å². The fourth-order valence-corrected chi connectivity index (χ4v) is 2.74. The highest BCUT2D eigenvalue weighted by atomic mass is 35.5. The first-order chi connectivity index (χ1) is 14.9. The van der Waals surface area contributed by atoms with Crippen LogP contribution in [-0.4, -0.2) is 24.2 Å². The molecule has 0 aliphatic rings. The van der Waals surface area contributed by atoms with Crippen LogP contribution in [0.4, 0.5) is 0 Å². The quantitative estimate of drug-likeness (QED) is 0.250. The van der Waals surface area contributed by atoms with Crippen LogP contribution >= 0.6 is 11.6 Å². The van der Waals surface area contributed by atoms with Crippen molar-refractivity contribution < 1.29 is 19.1 Å². The van der Waals surface area contributed by atoms with Crippen molar-refractivity contribution in [2.45, 2.75) is 20.0 Å². The minimum Gasteiger partial charge on any atom is -0.481 e. The summed E-state index contributed by atoms with van der Waals surface area (Å²) in [6, 6.07) is 20.7. The molecular weight excluding hydrogens is 416 g/mol. The third-order valence-corrected chi connectivity index (χ3v) is 4.59. The topological polar surface area (TPSA) is 77.0 Å². The lowest BCUT2D eigenvalue weighted by molar-refractivity contribution is -0.127. The van der Waals surface area contributed by atoms with Gasteiger partial charge >= 0.3 is 5.97 Å². The zero-order chi connectivity index (χ0) is 22.2. The number of nitrogens with zero attached hydrogens (tertiary/aromatic N) is 1. The van der Waals surface area contributed by atoms with Crippen LogP contribution in [0.2, 0.25) is 5.02 Å². The summed E-state index contributed by atoms with van der Waals surface area (Å²) in [7, 11) is 0. The molecule has 158 valence electrons. The lowest BCUT2D eigenvalue weighted by Gasteiger charge is -2.12. The second-order valence-corrected chi connectivity index (χ2v) is 7.16. The van der Waals surface area contributed by atoms with Crippen LogP contribution in [0.5, 0.6) is 11.5 Å². The van der Waals surface area contributed by atoms with Gasteiger partial charge in [-0.1, -0.05) is 29.8 Å². The Kier molecular flexibility index (Phi) is 7.40. The zero-order valence-corrected chi connectivity index (χ0v) is 17.8. The van der Waals surface area contributed by atoms with Gasteiger partial charge < -0.3 is 9.47 Å². The highest BCUT2D eigenvalue weighted by Gasteiger charge is 2.14. The number of amides is 1. The second kappa shape index (κ2) is 10.4. The van der Waals surface area contributed by atoms with E-state index in [1.54, 1.807) is 67.6 Å². The Bertz CT molecular complexity index is 1080. The molecule has 31 heavy (non-hydrogen) atoms. The van der Waals surface area contributed by atoms with E-state index in [1.165, 1.54) is 6.21 Å². The maximum absolute atomic E-state index is 12.3. The Balaban J connectivity index is 1.51. The average molecular weight is 437 g/mol. The van der Waals surface area contributed by atoms with Gasteiger partial charge in [0.25, 0.3) is 5.91 Å². The Labute approximate surface area is 185 Å². The van der Waals surface area contributed by atoms with E-state index >= 15 is 0 Å². The third kappa shape index (κ3) is 6.42. The van der Waals surface area contributed by atoms with Crippen molar-refractivity contribution in [2.75, 3.05) is 0 Å². The van der Waals surface area contributed by atoms with Crippen LogP contribution in [0.25, 0.3) is 0 Å². The molecule has 0 aliphatic heterocycles. The maximum atomic E-state index is 12.3. The van der Waals surface area contributed by atoms with Gasteiger partial charge in [0.15, 0.2) is 6.10 Å². The monoisotopic (exact) mass is 436 g/mol. The van der Waals surface area contributed by atoms with E-state index in [0.717, 1.165) is 11.1 Å². The summed E-state index contributed by atoms with van der Waals surface area (Å²) in [6.45, 7) is 3.48. The Morgan fingerprint density at radius 2 is 1.61 bits per heavy atom. The van der Waals surface area contributed by atoms with E-state index in [1.807, 2.05) is 19.1 Å². The van der Waals surface area contributed by atoms with Crippen molar-refractivity contribution in [1.29, 1.82) is 0 Å². The number of hydrogen-bond donors (Lipinski definition) is 1. The predicted molar refractivity (Wildman–Crippen MR) is 120 cm³/mol. The molecule has 3 aromatic carbocycles. The second-order valence-electron chi connectivity index (χ2n) is 6.72. The molecule has 1 N–H and O–H groups in total. The molecule has 1 atom stereocenters. The van der Waals surface area contributed by atoms with Crippen LogP contribution < -0.4 is 14.9 Å². The molecule has 0 aromatic heterocycles. The van der Waals surface area contributed by atoms with Crippen molar-refractivity contribution in [3.05, 3.63) is 94.5 Å². The molecule has 3 aromatic rings. The lowest BCUT2D eigenvalue weighted by atomic mass is 10.1. The number of rotatable bonds is 7. The number of benzene rings is 3. The predicted octanol–water partition coefficient (Wildman–Crippen LogP) is 4.79. The van der Waals surface area contributed by atoms with Gasteiger partial charge in [-0.2, -0.15) is 5.10 Å². The fourth-order valence-electron chi connectivity index (χ4n) is 2.62. The molecule has 1 amide bonds. The number of halogens is 1. The molecule has 0 heterocycles. The van der Waals surface area contributed by atoms with E-state index in [9.17, 15) is 9.59 Å². The summed E-state index contributed by atoms with van der Waals surface area (Å²) in [5, 5.41) is 4.52. The molecule has 0 radical (unpaired) electrons. The minimum atomic E-state index is -0.735. The van der Waals surface area contributed by atoms with Gasteiger partial charge in [-0.3, -0.25) is 4.79 Å². The number of nitrogens with one attached hydrogen (secondary N) is 1. The first-order valence-corrected chi connectivity index (χ1v) is 9.93. The first-order valence-electron chi connectivity index (χ1n) is 9.55. The molecule has 0 aliphatic carbocycles. The van der Waals surface area contributed by atoms with Crippen molar-refractivity contribution in [2.24, 2.45) is 5.10 Å². The summed E-state index contributed by atoms with van der Waals surface area (Å²) < 4.78 is 10.9. The van der Waals surface area contributed by atoms with Gasteiger partial charge in [-0.15, -0.1) is 0 Å². The normalized spacial score (nSPS) is 11.7. The maximum Gasteiger partial charge on any atom is 0.343 e. The standard InChI is InChI=1S/C24H21ClN2O4/c1-16-5-3-4-6-22(16)24(29)31-21-11-7-18(8-12-21)15-26-27-23(28)17(2)30-20-13-9-19(25)10-14-20/h3-15,17H,1-2H3,(H,27,28)/b26-15-/t17-/m0/s1. The Morgan fingerprint density at radius 3 is 2.29 bits per heavy atom. The average Bonchev–Trinajstić information content (AvgIpc) is 2.76. The summed E-state index contributed by atoms with van der Waals surface area (Å²) in [5.74, 6) is 0.141. The van der Waals surface area contributed by atoms with E-state index in [-0.39, 0.29) is 0 Å². The summed E-state index contributed by atoms with van der Waals surface area (Å²) in [5.41, 5.74) is 4.52. The van der Waals surface area contributed by atoms with Gasteiger partial charge in [0.2, 0.25) is 0 Å². The molecular formula is C24H21ClN2O4. The fraction of sp³-hybridized carbons (Fsp3) is 0.125. The van der Waals surface area contributed by atoms with E-state index in [2.05, 4.69) is 10.5 Å².